The molecule has 0 radical (unpaired) electrons. The molecule has 4 heterocycles. The maximum absolute atomic E-state index is 15.8. The van der Waals surface area contributed by atoms with Crippen LogP contribution in [0.1, 0.15) is 19.8 Å². The minimum Gasteiger partial charge on any atom is -0.390 e. The van der Waals surface area contributed by atoms with Crippen molar-refractivity contribution >= 4 is 78.0 Å². The average Bonchev–Trinajstić information content (AvgIpc) is 3.50. The number of sulfonamides is 1. The van der Waals surface area contributed by atoms with E-state index in [0.717, 1.165) is 41.8 Å². The summed E-state index contributed by atoms with van der Waals surface area (Å²) in [4.78, 5) is 15.1. The first-order valence-electron chi connectivity index (χ1n) is 14.8. The highest BCUT2D eigenvalue weighted by Gasteiger charge is 2.28. The van der Waals surface area contributed by atoms with Crippen molar-refractivity contribution in [2.45, 2.75) is 30.3 Å². The van der Waals surface area contributed by atoms with E-state index in [2.05, 4.69) is 31.0 Å². The molecule has 0 spiro atoms. The minimum absolute atomic E-state index is 0.00457. The van der Waals surface area contributed by atoms with Gasteiger partial charge in [-0.1, -0.05) is 35.3 Å². The Labute approximate surface area is 284 Å². The summed E-state index contributed by atoms with van der Waals surface area (Å²) < 4.78 is 61.0. The number of pyridine rings is 1. The van der Waals surface area contributed by atoms with Crippen LogP contribution < -0.4 is 14.9 Å². The number of aliphatic hydroxyl groups is 1. The van der Waals surface area contributed by atoms with Gasteiger partial charge in [-0.25, -0.2) is 32.2 Å². The molecule has 0 unspecified atom stereocenters. The third-order valence-corrected chi connectivity index (χ3v) is 10.7. The zero-order chi connectivity index (χ0) is 33.8. The van der Waals surface area contributed by atoms with Crippen molar-refractivity contribution in [3.8, 4) is 5.82 Å². The van der Waals surface area contributed by atoms with E-state index in [9.17, 15) is 13.5 Å². The van der Waals surface area contributed by atoms with E-state index >= 15 is 8.78 Å². The van der Waals surface area contributed by atoms with Gasteiger partial charge in [0.2, 0.25) is 0 Å². The number of hydrogen-bond donors (Lipinski definition) is 3. The van der Waals surface area contributed by atoms with E-state index in [-0.39, 0.29) is 26.3 Å². The number of piperidine rings is 1. The Morgan fingerprint density at radius 1 is 0.958 bits per heavy atom. The Kier molecular flexibility index (Phi) is 8.10. The van der Waals surface area contributed by atoms with Crippen LogP contribution in [0.3, 0.4) is 0 Å². The second-order valence-electron chi connectivity index (χ2n) is 11.7. The fourth-order valence-corrected chi connectivity index (χ4v) is 7.59. The topological polar surface area (TPSA) is 125 Å². The largest absolute Gasteiger partial charge is 0.390 e. The Morgan fingerprint density at radius 2 is 1.73 bits per heavy atom. The molecule has 0 bridgehead atoms. The van der Waals surface area contributed by atoms with Crippen molar-refractivity contribution in [2.24, 2.45) is 0 Å². The lowest BCUT2D eigenvalue weighted by molar-refractivity contribution is 0.0352. The van der Waals surface area contributed by atoms with Gasteiger partial charge < -0.3 is 19.9 Å². The van der Waals surface area contributed by atoms with Crippen molar-refractivity contribution in [1.82, 2.24) is 19.5 Å². The standard InChI is InChI=1S/C33H27Cl2F2N7O3S/c1-33(45)13-16-43(17-14-33)24-5-3-6-25-19(24)12-15-44(25)27-11-10-23-31(40-27)32(39-18-38-23)41-30-21(36)8-9-22(29(30)37)42-48(46,47)26-7-2-4-20(34)28(26)35/h2-12,15,18,42,45H,13-14,16-17H2,1H3,(H,38,39,41). The lowest BCUT2D eigenvalue weighted by atomic mass is 9.93. The van der Waals surface area contributed by atoms with Crippen LogP contribution in [0.2, 0.25) is 10.0 Å². The maximum Gasteiger partial charge on any atom is 0.263 e. The zero-order valence-corrected chi connectivity index (χ0v) is 27.6. The molecule has 1 aliphatic heterocycles. The number of nitrogens with one attached hydrogen (secondary N) is 2. The molecule has 0 amide bonds. The number of halogens is 4. The average molecular weight is 711 g/mol. The first kappa shape index (κ1) is 32.0. The minimum atomic E-state index is -4.40. The Balaban J connectivity index is 1.23. The third-order valence-electron chi connectivity index (χ3n) is 8.39. The molecule has 48 heavy (non-hydrogen) atoms. The van der Waals surface area contributed by atoms with E-state index in [1.807, 2.05) is 35.9 Å². The third kappa shape index (κ3) is 5.87. The van der Waals surface area contributed by atoms with Crippen LogP contribution in [0, 0.1) is 11.6 Å². The molecule has 1 aliphatic rings. The Bertz CT molecular complexity index is 2330. The van der Waals surface area contributed by atoms with Crippen molar-refractivity contribution in [2.75, 3.05) is 28.0 Å². The van der Waals surface area contributed by atoms with E-state index in [1.165, 1.54) is 24.5 Å². The van der Waals surface area contributed by atoms with Gasteiger partial charge in [0.15, 0.2) is 11.6 Å². The van der Waals surface area contributed by atoms with Gasteiger partial charge in [-0.15, -0.1) is 0 Å². The quantitative estimate of drug-likeness (QED) is 0.156. The fraction of sp³-hybridized carbons (Fsp3) is 0.182. The highest BCUT2D eigenvalue weighted by atomic mass is 35.5. The van der Waals surface area contributed by atoms with Crippen molar-refractivity contribution in [3.05, 3.63) is 101 Å². The number of hydrogen-bond acceptors (Lipinski definition) is 8. The number of aromatic nitrogens is 4. The smallest absolute Gasteiger partial charge is 0.263 e. The molecule has 3 N–H and O–H groups in total. The van der Waals surface area contributed by atoms with Crippen LogP contribution >= 0.6 is 23.2 Å². The van der Waals surface area contributed by atoms with Crippen LogP contribution in [0.25, 0.3) is 27.8 Å². The molecule has 0 saturated carbocycles. The van der Waals surface area contributed by atoms with Gasteiger partial charge in [0, 0.05) is 30.4 Å². The van der Waals surface area contributed by atoms with Crippen LogP contribution in [-0.4, -0.2) is 51.7 Å². The van der Waals surface area contributed by atoms with Crippen LogP contribution in [0.4, 0.5) is 31.7 Å². The summed E-state index contributed by atoms with van der Waals surface area (Å²) in [6.07, 6.45) is 4.44. The fourth-order valence-electron chi connectivity index (χ4n) is 5.77. The van der Waals surface area contributed by atoms with E-state index in [4.69, 9.17) is 28.2 Å². The van der Waals surface area contributed by atoms with Gasteiger partial charge in [0.05, 0.1) is 32.4 Å². The first-order valence-corrected chi connectivity index (χ1v) is 17.1. The molecule has 7 rings (SSSR count). The normalized spacial score (nSPS) is 14.8. The second-order valence-corrected chi connectivity index (χ2v) is 14.1. The maximum atomic E-state index is 15.8. The lowest BCUT2D eigenvalue weighted by Gasteiger charge is -2.37. The number of fused-ring (bicyclic) bond motifs is 2. The molecule has 0 aliphatic carbocycles. The second kappa shape index (κ2) is 12.2. The lowest BCUT2D eigenvalue weighted by Crippen LogP contribution is -2.42. The van der Waals surface area contributed by atoms with Gasteiger partial charge in [0.1, 0.15) is 34.1 Å². The van der Waals surface area contributed by atoms with Gasteiger partial charge in [-0.2, -0.15) is 0 Å². The summed E-state index contributed by atoms with van der Waals surface area (Å²) in [7, 11) is -4.40. The van der Waals surface area contributed by atoms with Gasteiger partial charge >= 0.3 is 0 Å². The molecule has 15 heteroatoms. The summed E-state index contributed by atoms with van der Waals surface area (Å²) in [5.74, 6) is -1.71. The summed E-state index contributed by atoms with van der Waals surface area (Å²) in [6.45, 7) is 3.31. The summed E-state index contributed by atoms with van der Waals surface area (Å²) in [5.41, 5.74) is 0.701. The molecule has 1 fully saturated rings. The van der Waals surface area contributed by atoms with E-state index in [0.29, 0.717) is 24.2 Å². The summed E-state index contributed by atoms with van der Waals surface area (Å²) in [6, 6.07) is 17.4. The van der Waals surface area contributed by atoms with Crippen LogP contribution in [0.15, 0.2) is 84.1 Å². The molecule has 0 atom stereocenters. The SMILES string of the molecule is CC1(O)CCN(c2cccc3c2ccn3-c2ccc3ncnc(Nc4c(F)ccc(NS(=O)(=O)c5cccc(Cl)c5Cl)c4F)c3n2)CC1. The molecule has 3 aromatic carbocycles. The van der Waals surface area contributed by atoms with Gasteiger partial charge in [-0.3, -0.25) is 4.72 Å². The zero-order valence-electron chi connectivity index (χ0n) is 25.3. The molecule has 1 saturated heterocycles. The monoisotopic (exact) mass is 709 g/mol. The predicted octanol–water partition coefficient (Wildman–Crippen LogP) is 7.45. The molecular formula is C33H27Cl2F2N7O3S. The molecule has 10 nitrogen and oxygen atoms in total. The predicted molar refractivity (Wildman–Crippen MR) is 183 cm³/mol. The molecule has 246 valence electrons. The van der Waals surface area contributed by atoms with Crippen molar-refractivity contribution < 1.29 is 22.3 Å². The highest BCUT2D eigenvalue weighted by molar-refractivity contribution is 7.92. The van der Waals surface area contributed by atoms with E-state index < -0.39 is 38.6 Å². The summed E-state index contributed by atoms with van der Waals surface area (Å²) >= 11 is 12.1. The van der Waals surface area contributed by atoms with Gasteiger partial charge in [0.25, 0.3) is 10.0 Å². The molecular weight excluding hydrogens is 683 g/mol. The Hall–Kier alpha value is -4.56. The van der Waals surface area contributed by atoms with Crippen LogP contribution in [0.5, 0.6) is 0 Å². The highest BCUT2D eigenvalue weighted by Crippen LogP contribution is 2.36. The molecule has 6 aromatic rings. The molecule has 3 aromatic heterocycles. The number of benzene rings is 3. The first-order chi connectivity index (χ1) is 22.9. The van der Waals surface area contributed by atoms with Crippen molar-refractivity contribution in [1.29, 1.82) is 0 Å². The number of rotatable bonds is 7. The number of nitrogens with zero attached hydrogens (tertiary/aromatic N) is 5. The Morgan fingerprint density at radius 3 is 2.52 bits per heavy atom. The van der Waals surface area contributed by atoms with Crippen molar-refractivity contribution in [3.63, 3.8) is 0 Å². The number of anilines is 4. The van der Waals surface area contributed by atoms with E-state index in [1.54, 1.807) is 12.1 Å². The summed E-state index contributed by atoms with van der Waals surface area (Å²) in [5, 5.41) is 13.8. The van der Waals surface area contributed by atoms with Crippen LogP contribution in [-0.2, 0) is 10.0 Å². The van der Waals surface area contributed by atoms with Gasteiger partial charge in [-0.05, 0) is 74.4 Å².